The quantitative estimate of drug-likeness (QED) is 0.466. The molecule has 1 saturated heterocycles. The van der Waals surface area contributed by atoms with Gasteiger partial charge in [0, 0.05) is 13.1 Å². The minimum absolute atomic E-state index is 0.0191. The topological polar surface area (TPSA) is 29.5 Å². The molecule has 12 heavy (non-hydrogen) atoms. The fourth-order valence-corrected chi connectivity index (χ4v) is 2.63. The summed E-state index contributed by atoms with van der Waals surface area (Å²) in [4.78, 5) is 11.3. The van der Waals surface area contributed by atoms with Gasteiger partial charge >= 0.3 is 5.97 Å². The maximum absolute atomic E-state index is 11.3. The molecule has 2 aliphatic rings. The Labute approximate surface area is 74.7 Å². The number of ether oxygens (including phenoxy) is 1. The maximum atomic E-state index is 11.3. The molecule has 0 bridgehead atoms. The van der Waals surface area contributed by atoms with Crippen molar-refractivity contribution in [2.75, 3.05) is 19.7 Å². The van der Waals surface area contributed by atoms with Crippen molar-refractivity contribution in [2.45, 2.75) is 6.92 Å². The predicted molar refractivity (Wildman–Crippen MR) is 48.4 cm³/mol. The lowest BCUT2D eigenvalue weighted by Crippen LogP contribution is -2.18. The summed E-state index contributed by atoms with van der Waals surface area (Å²) in [5.41, 5.74) is 0. The second kappa shape index (κ2) is 2.97. The molecule has 0 aromatic carbocycles. The Morgan fingerprint density at radius 3 is 2.67 bits per heavy atom. The van der Waals surface area contributed by atoms with Crippen molar-refractivity contribution < 1.29 is 9.53 Å². The largest absolute Gasteiger partial charge is 0.466 e. The van der Waals surface area contributed by atoms with Crippen LogP contribution in [0, 0.1) is 17.8 Å². The zero-order chi connectivity index (χ0) is 8.72. The van der Waals surface area contributed by atoms with Gasteiger partial charge in [0.05, 0.1) is 12.5 Å². The molecule has 1 saturated carbocycles. The molecule has 0 spiro atoms. The summed E-state index contributed by atoms with van der Waals surface area (Å²) in [6, 6.07) is 0. The molecule has 1 aliphatic carbocycles. The zero-order valence-electron chi connectivity index (χ0n) is 7.19. The van der Waals surface area contributed by atoms with Crippen LogP contribution in [0.5, 0.6) is 0 Å². The molecule has 0 radical (unpaired) electrons. The summed E-state index contributed by atoms with van der Waals surface area (Å²) >= 11 is 0. The normalized spacial score (nSPS) is 39.3. The number of hydrogen-bond acceptors (Lipinski definition) is 3. The minimum atomic E-state index is 0.0191. The molecule has 0 aromatic heterocycles. The Morgan fingerprint density at radius 2 is 2.17 bits per heavy atom. The predicted octanol–water partition coefficient (Wildman–Crippen LogP) is 0.517. The molecular formula is C8H14NO2P. The van der Waals surface area contributed by atoms with Gasteiger partial charge in [0.2, 0.25) is 0 Å². The lowest BCUT2D eigenvalue weighted by atomic mass is 10.3. The summed E-state index contributed by atoms with van der Waals surface area (Å²) in [7, 11) is 2.68. The van der Waals surface area contributed by atoms with Crippen LogP contribution in [0.3, 0.4) is 0 Å². The molecule has 0 N–H and O–H groups in total. The van der Waals surface area contributed by atoms with Crippen molar-refractivity contribution in [1.82, 2.24) is 4.67 Å². The molecule has 1 heterocycles. The van der Waals surface area contributed by atoms with Gasteiger partial charge in [-0.15, -0.1) is 0 Å². The number of esters is 1. The first-order valence-electron chi connectivity index (χ1n) is 4.40. The smallest absolute Gasteiger partial charge is 0.309 e. The minimum Gasteiger partial charge on any atom is -0.466 e. The third-order valence-electron chi connectivity index (χ3n) is 2.78. The van der Waals surface area contributed by atoms with Crippen molar-refractivity contribution in [3.05, 3.63) is 0 Å². The summed E-state index contributed by atoms with van der Waals surface area (Å²) < 4.78 is 7.17. The maximum Gasteiger partial charge on any atom is 0.309 e. The Hall–Kier alpha value is -0.140. The molecule has 2 unspecified atom stereocenters. The van der Waals surface area contributed by atoms with Gasteiger partial charge in [0.15, 0.2) is 0 Å². The second-order valence-electron chi connectivity index (χ2n) is 3.56. The van der Waals surface area contributed by atoms with Gasteiger partial charge in [0.25, 0.3) is 0 Å². The molecule has 3 nitrogen and oxygen atoms in total. The number of carbonyl (C=O) groups is 1. The van der Waals surface area contributed by atoms with Crippen molar-refractivity contribution in [1.29, 1.82) is 0 Å². The van der Waals surface area contributed by atoms with Gasteiger partial charge in [-0.3, -0.25) is 9.46 Å². The summed E-state index contributed by atoms with van der Waals surface area (Å²) in [6.07, 6.45) is 0. The second-order valence-corrected chi connectivity index (χ2v) is 4.29. The van der Waals surface area contributed by atoms with Crippen molar-refractivity contribution in [2.24, 2.45) is 17.8 Å². The monoisotopic (exact) mass is 187 g/mol. The SMILES string of the molecule is CCOC(=O)C1[C@H]2CN(P)C[C@@H]12. The van der Waals surface area contributed by atoms with E-state index >= 15 is 0 Å². The number of fused-ring (bicyclic) bond motifs is 1. The van der Waals surface area contributed by atoms with Gasteiger partial charge in [-0.1, -0.05) is 9.39 Å². The third kappa shape index (κ3) is 1.25. The van der Waals surface area contributed by atoms with Crippen LogP contribution in [0.2, 0.25) is 0 Å². The van der Waals surface area contributed by atoms with Crippen LogP contribution in [-0.2, 0) is 9.53 Å². The first kappa shape index (κ1) is 8.46. The molecule has 0 amide bonds. The number of piperidine rings is 1. The van der Waals surface area contributed by atoms with Crippen LogP contribution >= 0.6 is 9.39 Å². The average molecular weight is 187 g/mol. The lowest BCUT2D eigenvalue weighted by Gasteiger charge is -2.11. The molecular weight excluding hydrogens is 173 g/mol. The van der Waals surface area contributed by atoms with E-state index < -0.39 is 0 Å². The van der Waals surface area contributed by atoms with Crippen LogP contribution in [0.25, 0.3) is 0 Å². The molecule has 2 rings (SSSR count). The van der Waals surface area contributed by atoms with Crippen LogP contribution in [0.15, 0.2) is 0 Å². The van der Waals surface area contributed by atoms with Crippen LogP contribution in [0.4, 0.5) is 0 Å². The van der Waals surface area contributed by atoms with E-state index in [9.17, 15) is 4.79 Å². The molecule has 68 valence electrons. The Balaban J connectivity index is 1.85. The number of rotatable bonds is 2. The highest BCUT2D eigenvalue weighted by Crippen LogP contribution is 2.52. The van der Waals surface area contributed by atoms with Crippen LogP contribution in [-0.4, -0.2) is 30.3 Å². The molecule has 4 heteroatoms. The molecule has 0 aromatic rings. The van der Waals surface area contributed by atoms with Gasteiger partial charge in [-0.05, 0) is 18.8 Å². The van der Waals surface area contributed by atoms with E-state index in [-0.39, 0.29) is 11.9 Å². The Morgan fingerprint density at radius 1 is 1.58 bits per heavy atom. The standard InChI is InChI=1S/C8H14NO2P/c1-2-11-8(10)7-5-3-9(12)4-6(5)7/h5-7H,2-4,12H2,1H3/t5-,6+,7?. The van der Waals surface area contributed by atoms with Gasteiger partial charge < -0.3 is 4.74 Å². The zero-order valence-corrected chi connectivity index (χ0v) is 8.35. The summed E-state index contributed by atoms with van der Waals surface area (Å²) in [6.45, 7) is 4.45. The van der Waals surface area contributed by atoms with E-state index in [1.54, 1.807) is 0 Å². The van der Waals surface area contributed by atoms with Crippen molar-refractivity contribution in [3.8, 4) is 0 Å². The number of nitrogens with zero attached hydrogens (tertiary/aromatic N) is 1. The summed E-state index contributed by atoms with van der Waals surface area (Å²) in [5.74, 6) is 1.41. The van der Waals surface area contributed by atoms with E-state index in [1.807, 2.05) is 6.92 Å². The average Bonchev–Trinajstić information content (AvgIpc) is 2.51. The van der Waals surface area contributed by atoms with E-state index in [0.29, 0.717) is 18.4 Å². The van der Waals surface area contributed by atoms with E-state index in [1.165, 1.54) is 0 Å². The van der Waals surface area contributed by atoms with Gasteiger partial charge in [-0.2, -0.15) is 0 Å². The van der Waals surface area contributed by atoms with Crippen molar-refractivity contribution >= 4 is 15.4 Å². The van der Waals surface area contributed by atoms with Crippen LogP contribution < -0.4 is 0 Å². The highest BCUT2D eigenvalue weighted by atomic mass is 31.0. The van der Waals surface area contributed by atoms with E-state index in [2.05, 4.69) is 14.1 Å². The molecule has 2 fully saturated rings. The highest BCUT2D eigenvalue weighted by molar-refractivity contribution is 7.13. The molecule has 4 atom stereocenters. The fourth-order valence-electron chi connectivity index (χ4n) is 2.15. The Bertz CT molecular complexity index is 197. The van der Waals surface area contributed by atoms with E-state index in [4.69, 9.17) is 4.74 Å². The fraction of sp³-hybridized carbons (Fsp3) is 0.875. The third-order valence-corrected chi connectivity index (χ3v) is 3.20. The lowest BCUT2D eigenvalue weighted by molar-refractivity contribution is -0.145. The van der Waals surface area contributed by atoms with Gasteiger partial charge in [-0.25, -0.2) is 0 Å². The van der Waals surface area contributed by atoms with Crippen LogP contribution in [0.1, 0.15) is 6.92 Å². The Kier molecular flexibility index (Phi) is 2.09. The van der Waals surface area contributed by atoms with E-state index in [0.717, 1.165) is 13.1 Å². The summed E-state index contributed by atoms with van der Waals surface area (Å²) in [5, 5.41) is 0. The van der Waals surface area contributed by atoms with Crippen molar-refractivity contribution in [3.63, 3.8) is 0 Å². The first-order valence-corrected chi connectivity index (χ1v) is 4.92. The first-order chi connectivity index (χ1) is 5.74. The van der Waals surface area contributed by atoms with Gasteiger partial charge in [0.1, 0.15) is 0 Å². The molecule has 1 aliphatic heterocycles. The number of carbonyl (C=O) groups excluding carboxylic acids is 1. The highest BCUT2D eigenvalue weighted by Gasteiger charge is 2.59. The number of hydrogen-bond donors (Lipinski definition) is 0.